The Labute approximate surface area is 188 Å². The summed E-state index contributed by atoms with van der Waals surface area (Å²) in [5, 5.41) is 21.1. The lowest BCUT2D eigenvalue weighted by atomic mass is 10.1. The third-order valence-electron chi connectivity index (χ3n) is 3.73. The van der Waals surface area contributed by atoms with E-state index in [1.807, 2.05) is 26.8 Å². The maximum absolute atomic E-state index is 12.5. The van der Waals surface area contributed by atoms with Crippen molar-refractivity contribution in [2.45, 2.75) is 26.9 Å². The molecule has 2 rings (SSSR count). The average molecular weight is 520 g/mol. The van der Waals surface area contributed by atoms with Crippen molar-refractivity contribution >= 4 is 46.2 Å². The maximum atomic E-state index is 12.5. The Bertz CT molecular complexity index is 1020. The molecular formula is C22H21IN2O5. The van der Waals surface area contributed by atoms with Gasteiger partial charge in [0.15, 0.2) is 11.5 Å². The number of benzene rings is 2. The first-order valence-corrected chi connectivity index (χ1v) is 10.2. The number of halogens is 1. The number of nitrogens with zero attached hydrogens (tertiary/aromatic N) is 1. The first kappa shape index (κ1) is 23.2. The third-order valence-corrected chi connectivity index (χ3v) is 4.53. The van der Waals surface area contributed by atoms with Gasteiger partial charge in [0.2, 0.25) is 0 Å². The largest absolute Gasteiger partial charge is 0.490 e. The highest BCUT2D eigenvalue weighted by Gasteiger charge is 2.15. The van der Waals surface area contributed by atoms with Crippen molar-refractivity contribution in [1.82, 2.24) is 0 Å². The Morgan fingerprint density at radius 1 is 1.30 bits per heavy atom. The van der Waals surface area contributed by atoms with Crippen LogP contribution >= 0.6 is 22.6 Å². The molecule has 2 N–H and O–H groups in total. The monoisotopic (exact) mass is 520 g/mol. The van der Waals surface area contributed by atoms with Gasteiger partial charge in [-0.1, -0.05) is 6.07 Å². The van der Waals surface area contributed by atoms with Gasteiger partial charge in [-0.25, -0.2) is 4.79 Å². The molecule has 0 bridgehead atoms. The molecule has 0 atom stereocenters. The van der Waals surface area contributed by atoms with Crippen molar-refractivity contribution in [2.24, 2.45) is 0 Å². The SMILES string of the molecule is CCOc1cc(/C=C(/C#N)C(=O)Nc2cccc(C(=O)O)c2)cc(I)c1OC(C)C. The Morgan fingerprint density at radius 2 is 2.03 bits per heavy atom. The Morgan fingerprint density at radius 3 is 2.63 bits per heavy atom. The normalized spacial score (nSPS) is 11.0. The van der Waals surface area contributed by atoms with Gasteiger partial charge in [-0.3, -0.25) is 4.79 Å². The molecule has 2 aromatic carbocycles. The van der Waals surface area contributed by atoms with Crippen LogP contribution in [0.3, 0.4) is 0 Å². The fourth-order valence-electron chi connectivity index (χ4n) is 2.53. The molecule has 2 aromatic rings. The molecule has 0 aromatic heterocycles. The van der Waals surface area contributed by atoms with Crippen LogP contribution in [0.5, 0.6) is 11.5 Å². The van der Waals surface area contributed by atoms with E-state index in [0.717, 1.165) is 3.57 Å². The highest BCUT2D eigenvalue weighted by molar-refractivity contribution is 14.1. The molecule has 0 radical (unpaired) electrons. The van der Waals surface area contributed by atoms with Crippen LogP contribution in [0.2, 0.25) is 0 Å². The number of ether oxygens (including phenoxy) is 2. The summed E-state index contributed by atoms with van der Waals surface area (Å²) in [4.78, 5) is 23.6. The summed E-state index contributed by atoms with van der Waals surface area (Å²) in [6, 6.07) is 11.2. The van der Waals surface area contributed by atoms with Crippen molar-refractivity contribution in [1.29, 1.82) is 5.26 Å². The van der Waals surface area contributed by atoms with E-state index in [1.54, 1.807) is 18.2 Å². The zero-order chi connectivity index (χ0) is 22.3. The van der Waals surface area contributed by atoms with Crippen LogP contribution in [0.1, 0.15) is 36.7 Å². The summed E-state index contributed by atoms with van der Waals surface area (Å²) in [5.41, 5.74) is 0.787. The van der Waals surface area contributed by atoms with Gasteiger partial charge in [0.05, 0.1) is 21.8 Å². The van der Waals surface area contributed by atoms with Gasteiger partial charge in [0.1, 0.15) is 11.6 Å². The second kappa shape index (κ2) is 10.6. The number of amides is 1. The molecule has 156 valence electrons. The number of aromatic carboxylic acids is 1. The number of nitriles is 1. The predicted octanol–water partition coefficient (Wildman–Crippen LogP) is 4.72. The predicted molar refractivity (Wildman–Crippen MR) is 122 cm³/mol. The van der Waals surface area contributed by atoms with Gasteiger partial charge < -0.3 is 19.9 Å². The minimum absolute atomic E-state index is 0.0342. The van der Waals surface area contributed by atoms with Gasteiger partial charge in [-0.15, -0.1) is 0 Å². The highest BCUT2D eigenvalue weighted by Crippen LogP contribution is 2.35. The summed E-state index contributed by atoms with van der Waals surface area (Å²) >= 11 is 2.12. The molecule has 0 aliphatic heterocycles. The third kappa shape index (κ3) is 6.22. The van der Waals surface area contributed by atoms with E-state index < -0.39 is 11.9 Å². The molecule has 0 fully saturated rings. The molecule has 0 aliphatic carbocycles. The zero-order valence-electron chi connectivity index (χ0n) is 16.7. The van der Waals surface area contributed by atoms with E-state index in [-0.39, 0.29) is 22.9 Å². The molecule has 30 heavy (non-hydrogen) atoms. The quantitative estimate of drug-likeness (QED) is 0.296. The zero-order valence-corrected chi connectivity index (χ0v) is 18.9. The van der Waals surface area contributed by atoms with Crippen molar-refractivity contribution in [3.05, 3.63) is 56.7 Å². The maximum Gasteiger partial charge on any atom is 0.335 e. The summed E-state index contributed by atoms with van der Waals surface area (Å²) in [6.07, 6.45) is 1.40. The van der Waals surface area contributed by atoms with E-state index in [2.05, 4.69) is 27.9 Å². The van der Waals surface area contributed by atoms with Crippen LogP contribution in [0, 0.1) is 14.9 Å². The minimum Gasteiger partial charge on any atom is -0.490 e. The number of carboxylic acid groups (broad SMARTS) is 1. The van der Waals surface area contributed by atoms with E-state index in [4.69, 9.17) is 14.6 Å². The van der Waals surface area contributed by atoms with Gasteiger partial charge in [0.25, 0.3) is 5.91 Å². The van der Waals surface area contributed by atoms with Crippen molar-refractivity contribution < 1.29 is 24.2 Å². The van der Waals surface area contributed by atoms with E-state index >= 15 is 0 Å². The van der Waals surface area contributed by atoms with Crippen LogP contribution in [0.25, 0.3) is 6.08 Å². The molecule has 0 spiro atoms. The smallest absolute Gasteiger partial charge is 0.335 e. The van der Waals surface area contributed by atoms with Crippen LogP contribution in [0.15, 0.2) is 42.0 Å². The van der Waals surface area contributed by atoms with Crippen LogP contribution in [-0.4, -0.2) is 29.7 Å². The fraction of sp³-hybridized carbons (Fsp3) is 0.227. The van der Waals surface area contributed by atoms with E-state index in [1.165, 1.54) is 24.3 Å². The fourth-order valence-corrected chi connectivity index (χ4v) is 3.28. The first-order chi connectivity index (χ1) is 14.2. The van der Waals surface area contributed by atoms with Gasteiger partial charge in [-0.05, 0) is 85.3 Å². The lowest BCUT2D eigenvalue weighted by Crippen LogP contribution is -2.14. The Balaban J connectivity index is 2.34. The molecule has 0 unspecified atom stereocenters. The van der Waals surface area contributed by atoms with Crippen molar-refractivity contribution in [3.63, 3.8) is 0 Å². The number of carboxylic acids is 1. The van der Waals surface area contributed by atoms with Crippen LogP contribution in [-0.2, 0) is 4.79 Å². The summed E-state index contributed by atoms with van der Waals surface area (Å²) < 4.78 is 12.3. The molecular weight excluding hydrogens is 499 g/mol. The lowest BCUT2D eigenvalue weighted by Gasteiger charge is -2.17. The number of hydrogen-bond donors (Lipinski definition) is 2. The number of carbonyl (C=O) groups is 2. The van der Waals surface area contributed by atoms with Crippen molar-refractivity contribution in [2.75, 3.05) is 11.9 Å². The standard InChI is InChI=1S/C22H21IN2O5/c1-4-29-19-10-14(9-18(23)20(19)30-13(2)3)8-16(12-24)21(26)25-17-7-5-6-15(11-17)22(27)28/h5-11,13H,4H2,1-3H3,(H,25,26)(H,27,28)/b16-8-. The van der Waals surface area contributed by atoms with Gasteiger partial charge in [-0.2, -0.15) is 5.26 Å². The van der Waals surface area contributed by atoms with Crippen LogP contribution < -0.4 is 14.8 Å². The molecule has 0 saturated carbocycles. The second-order valence-corrected chi connectivity index (χ2v) is 7.60. The van der Waals surface area contributed by atoms with Gasteiger partial charge in [0, 0.05) is 5.69 Å². The van der Waals surface area contributed by atoms with Crippen molar-refractivity contribution in [3.8, 4) is 17.6 Å². The molecule has 0 heterocycles. The second-order valence-electron chi connectivity index (χ2n) is 6.44. The summed E-state index contributed by atoms with van der Waals surface area (Å²) in [5.74, 6) is -0.617. The summed E-state index contributed by atoms with van der Waals surface area (Å²) in [6.45, 7) is 6.12. The minimum atomic E-state index is -1.11. The number of nitrogens with one attached hydrogen (secondary N) is 1. The first-order valence-electron chi connectivity index (χ1n) is 9.14. The Kier molecular flexibility index (Phi) is 8.24. The van der Waals surface area contributed by atoms with E-state index in [0.29, 0.717) is 23.7 Å². The number of rotatable bonds is 8. The van der Waals surface area contributed by atoms with Gasteiger partial charge >= 0.3 is 5.97 Å². The van der Waals surface area contributed by atoms with E-state index in [9.17, 15) is 14.9 Å². The molecule has 7 nitrogen and oxygen atoms in total. The van der Waals surface area contributed by atoms with Crippen LogP contribution in [0.4, 0.5) is 5.69 Å². The molecule has 0 saturated heterocycles. The number of carbonyl (C=O) groups excluding carboxylic acids is 1. The molecule has 0 aliphatic rings. The number of hydrogen-bond acceptors (Lipinski definition) is 5. The highest BCUT2D eigenvalue weighted by atomic mass is 127. The summed E-state index contributed by atoms with van der Waals surface area (Å²) in [7, 11) is 0. The Hall–Kier alpha value is -3.06. The molecule has 1 amide bonds. The average Bonchev–Trinajstić information content (AvgIpc) is 2.68. The topological polar surface area (TPSA) is 109 Å². The number of anilines is 1. The lowest BCUT2D eigenvalue weighted by molar-refractivity contribution is -0.112. The molecule has 8 heteroatoms.